The maximum absolute atomic E-state index is 14.4. The number of benzene rings is 1. The highest BCUT2D eigenvalue weighted by Crippen LogP contribution is 2.42. The van der Waals surface area contributed by atoms with Gasteiger partial charge in [-0.3, -0.25) is 19.7 Å². The average molecular weight is 534 g/mol. The fraction of sp³-hybridized carbons (Fsp3) is 0.478. The maximum Gasteiger partial charge on any atom is 0.314 e. The smallest absolute Gasteiger partial charge is 0.314 e. The van der Waals surface area contributed by atoms with Crippen LogP contribution < -0.4 is 4.74 Å². The van der Waals surface area contributed by atoms with Crippen LogP contribution in [0.3, 0.4) is 0 Å². The Hall–Kier alpha value is -3.28. The van der Waals surface area contributed by atoms with Gasteiger partial charge in [0.05, 0.1) is 30.1 Å². The zero-order chi connectivity index (χ0) is 26.4. The predicted molar refractivity (Wildman–Crippen MR) is 134 cm³/mol. The first kappa shape index (κ1) is 26.8. The zero-order valence-corrected chi connectivity index (χ0v) is 21.6. The van der Waals surface area contributed by atoms with Gasteiger partial charge >= 0.3 is 6.08 Å². The molecular formula is C23H28FN6O6P. The summed E-state index contributed by atoms with van der Waals surface area (Å²) in [6.45, 7) is 6.58. The molecule has 1 saturated heterocycles. The van der Waals surface area contributed by atoms with E-state index in [9.17, 15) is 14.5 Å². The number of imidazole rings is 1. The summed E-state index contributed by atoms with van der Waals surface area (Å²) in [6.07, 6.45) is 2.80. The SMILES string of the molecule is CCN=COP(C)OC1C[C@H](n2cnc3c(OCCc4ccc([N+](=O)[O-])cc4)nc(F)nc32)O[C@@H]1CC. The highest BCUT2D eigenvalue weighted by atomic mass is 31.2. The minimum atomic E-state index is -1.18. The van der Waals surface area contributed by atoms with Gasteiger partial charge in [-0.1, -0.05) is 19.1 Å². The molecule has 14 heteroatoms. The Balaban J connectivity index is 1.44. The van der Waals surface area contributed by atoms with Gasteiger partial charge in [-0.25, -0.2) is 4.98 Å². The van der Waals surface area contributed by atoms with Crippen molar-refractivity contribution in [1.29, 1.82) is 0 Å². The summed E-state index contributed by atoms with van der Waals surface area (Å²) in [4.78, 5) is 26.5. The summed E-state index contributed by atoms with van der Waals surface area (Å²) < 4.78 is 39.5. The third kappa shape index (κ3) is 6.54. The third-order valence-corrected chi connectivity index (χ3v) is 6.73. The van der Waals surface area contributed by atoms with E-state index in [1.54, 1.807) is 16.7 Å². The fourth-order valence-electron chi connectivity index (χ4n) is 3.96. The monoisotopic (exact) mass is 534 g/mol. The van der Waals surface area contributed by atoms with Crippen molar-refractivity contribution in [3.8, 4) is 5.88 Å². The molecule has 0 amide bonds. The summed E-state index contributed by atoms with van der Waals surface area (Å²) in [5, 5.41) is 10.8. The van der Waals surface area contributed by atoms with Crippen molar-refractivity contribution in [3.63, 3.8) is 0 Å². The van der Waals surface area contributed by atoms with E-state index in [1.165, 1.54) is 24.9 Å². The van der Waals surface area contributed by atoms with Crippen LogP contribution in [0.15, 0.2) is 35.6 Å². The van der Waals surface area contributed by atoms with E-state index < -0.39 is 25.6 Å². The molecule has 2 unspecified atom stereocenters. The highest BCUT2D eigenvalue weighted by molar-refractivity contribution is 7.46. The van der Waals surface area contributed by atoms with E-state index in [4.69, 9.17) is 18.5 Å². The number of nitrogens with zero attached hydrogens (tertiary/aromatic N) is 6. The lowest BCUT2D eigenvalue weighted by Gasteiger charge is -2.19. The van der Waals surface area contributed by atoms with Crippen LogP contribution >= 0.6 is 8.38 Å². The van der Waals surface area contributed by atoms with Crippen LogP contribution in [0.1, 0.15) is 38.5 Å². The summed E-state index contributed by atoms with van der Waals surface area (Å²) in [5.41, 5.74) is 1.40. The molecule has 0 saturated carbocycles. The van der Waals surface area contributed by atoms with Gasteiger partial charge < -0.3 is 18.5 Å². The molecule has 37 heavy (non-hydrogen) atoms. The van der Waals surface area contributed by atoms with Crippen molar-refractivity contribution in [3.05, 3.63) is 52.3 Å². The van der Waals surface area contributed by atoms with Crippen LogP contribution in [0.5, 0.6) is 5.88 Å². The Labute approximate surface area is 213 Å². The van der Waals surface area contributed by atoms with Crippen LogP contribution in [-0.2, 0) is 20.2 Å². The Morgan fingerprint density at radius 2 is 2.11 bits per heavy atom. The lowest BCUT2D eigenvalue weighted by Crippen LogP contribution is -2.21. The second kappa shape index (κ2) is 12.3. The van der Waals surface area contributed by atoms with Crippen molar-refractivity contribution in [2.45, 2.75) is 51.5 Å². The first-order valence-corrected chi connectivity index (χ1v) is 13.5. The number of hydrogen-bond donors (Lipinski definition) is 0. The number of rotatable bonds is 12. The Morgan fingerprint density at radius 1 is 1.32 bits per heavy atom. The normalized spacial score (nSPS) is 20.5. The van der Waals surface area contributed by atoms with E-state index in [0.29, 0.717) is 24.9 Å². The molecule has 3 heterocycles. The number of non-ortho nitro benzene ring substituents is 1. The van der Waals surface area contributed by atoms with Gasteiger partial charge in [0.1, 0.15) is 6.23 Å². The molecule has 1 aliphatic heterocycles. The molecule has 0 aliphatic carbocycles. The van der Waals surface area contributed by atoms with Crippen molar-refractivity contribution in [2.24, 2.45) is 4.99 Å². The van der Waals surface area contributed by atoms with E-state index in [2.05, 4.69) is 19.9 Å². The predicted octanol–water partition coefficient (Wildman–Crippen LogP) is 4.58. The molecule has 0 bridgehead atoms. The first-order valence-electron chi connectivity index (χ1n) is 11.9. The van der Waals surface area contributed by atoms with Crippen molar-refractivity contribution >= 4 is 31.6 Å². The minimum Gasteiger partial charge on any atom is -0.476 e. The molecule has 0 spiro atoms. The molecular weight excluding hydrogens is 506 g/mol. The quantitative estimate of drug-likeness (QED) is 0.0816. The topological polar surface area (TPSA) is 136 Å². The summed E-state index contributed by atoms with van der Waals surface area (Å²) in [5.74, 6) is 0.0155. The number of halogens is 1. The van der Waals surface area contributed by atoms with Gasteiger partial charge in [-0.15, -0.1) is 0 Å². The van der Waals surface area contributed by atoms with E-state index >= 15 is 0 Å². The molecule has 1 fully saturated rings. The van der Waals surface area contributed by atoms with Crippen LogP contribution in [0, 0.1) is 16.2 Å². The Bertz CT molecular complexity index is 1240. The maximum atomic E-state index is 14.4. The molecule has 1 aliphatic rings. The second-order valence-electron chi connectivity index (χ2n) is 8.21. The molecule has 12 nitrogen and oxygen atoms in total. The number of fused-ring (bicyclic) bond motifs is 1. The van der Waals surface area contributed by atoms with Crippen LogP contribution in [0.2, 0.25) is 0 Å². The number of nitro benzene ring substituents is 1. The van der Waals surface area contributed by atoms with Gasteiger partial charge in [0.2, 0.25) is 14.3 Å². The Morgan fingerprint density at radius 3 is 2.81 bits per heavy atom. The van der Waals surface area contributed by atoms with Gasteiger partial charge in [-0.2, -0.15) is 14.4 Å². The molecule has 198 valence electrons. The molecule has 2 aromatic heterocycles. The first-order chi connectivity index (χ1) is 17.9. The second-order valence-corrected chi connectivity index (χ2v) is 9.51. The minimum absolute atomic E-state index is 0.00952. The number of aliphatic imine (C=N–C) groups is 1. The van der Waals surface area contributed by atoms with E-state index in [1.807, 2.05) is 20.5 Å². The summed E-state index contributed by atoms with van der Waals surface area (Å²) in [6, 6.07) is 6.15. The lowest BCUT2D eigenvalue weighted by molar-refractivity contribution is -0.384. The average Bonchev–Trinajstić information content (AvgIpc) is 3.48. The van der Waals surface area contributed by atoms with E-state index in [0.717, 1.165) is 12.0 Å². The standard InChI is InChI=1S/C23H28FN6O6P/c1-4-17-18(36-37(3)34-14-25-5-2)12-19(35-17)29-13-26-20-21(29)27-23(24)28-22(20)33-11-10-15-6-8-16(9-7-15)30(31)32/h6-9,13-14,17-19H,4-5,10-12H2,1-3H3/t17-,18?,19-,37?/m1/s1. The highest BCUT2D eigenvalue weighted by Gasteiger charge is 2.38. The molecule has 4 rings (SSSR count). The molecule has 0 radical (unpaired) electrons. The summed E-state index contributed by atoms with van der Waals surface area (Å²) >= 11 is 0. The van der Waals surface area contributed by atoms with Crippen molar-refractivity contribution in [2.75, 3.05) is 19.8 Å². The largest absolute Gasteiger partial charge is 0.476 e. The van der Waals surface area contributed by atoms with Crippen LogP contribution in [-0.4, -0.2) is 62.9 Å². The number of aromatic nitrogens is 4. The van der Waals surface area contributed by atoms with Crippen molar-refractivity contribution in [1.82, 2.24) is 19.5 Å². The molecule has 3 aromatic rings. The van der Waals surface area contributed by atoms with E-state index in [-0.39, 0.29) is 36.0 Å². The number of hydrogen-bond acceptors (Lipinski definition) is 10. The summed E-state index contributed by atoms with van der Waals surface area (Å²) in [7, 11) is -1.18. The third-order valence-electron chi connectivity index (χ3n) is 5.77. The van der Waals surface area contributed by atoms with Gasteiger partial charge in [-0.05, 0) is 18.9 Å². The van der Waals surface area contributed by atoms with Crippen LogP contribution in [0.25, 0.3) is 11.2 Å². The zero-order valence-electron chi connectivity index (χ0n) is 20.7. The number of nitro groups is 1. The van der Waals surface area contributed by atoms with Crippen molar-refractivity contribution < 1.29 is 27.8 Å². The number of ether oxygens (including phenoxy) is 2. The fourth-order valence-corrected chi connectivity index (χ4v) is 4.81. The Kier molecular flexibility index (Phi) is 8.91. The van der Waals surface area contributed by atoms with Crippen LogP contribution in [0.4, 0.5) is 10.1 Å². The van der Waals surface area contributed by atoms with Gasteiger partial charge in [0.15, 0.2) is 17.6 Å². The molecule has 1 aromatic carbocycles. The molecule has 0 N–H and O–H groups in total. The van der Waals surface area contributed by atoms with Gasteiger partial charge in [0.25, 0.3) is 5.69 Å². The lowest BCUT2D eigenvalue weighted by atomic mass is 10.1. The molecule has 4 atom stereocenters. The van der Waals surface area contributed by atoms with Gasteiger partial charge in [0, 0.05) is 38.2 Å².